The van der Waals surface area contributed by atoms with Crippen LogP contribution in [0.3, 0.4) is 0 Å². The fourth-order valence-corrected chi connectivity index (χ4v) is 3.43. The van der Waals surface area contributed by atoms with Crippen molar-refractivity contribution in [3.8, 4) is 10.6 Å². The molecule has 0 amide bonds. The highest BCUT2D eigenvalue weighted by Crippen LogP contribution is 2.35. The van der Waals surface area contributed by atoms with E-state index in [1.54, 1.807) is 19.1 Å². The van der Waals surface area contributed by atoms with Crippen LogP contribution in [0, 0.1) is 19.7 Å². The van der Waals surface area contributed by atoms with Gasteiger partial charge in [-0.1, -0.05) is 12.1 Å². The summed E-state index contributed by atoms with van der Waals surface area (Å²) >= 11 is 1.37. The summed E-state index contributed by atoms with van der Waals surface area (Å²) in [6.07, 6.45) is 0. The molecular formula is C16H12FNO2S. The van der Waals surface area contributed by atoms with Crippen LogP contribution in [-0.2, 0) is 0 Å². The highest BCUT2D eigenvalue weighted by atomic mass is 32.1. The third-order valence-corrected chi connectivity index (χ3v) is 4.45. The molecule has 5 heteroatoms. The summed E-state index contributed by atoms with van der Waals surface area (Å²) in [7, 11) is 0. The van der Waals surface area contributed by atoms with Crippen LogP contribution in [0.5, 0.6) is 0 Å². The molecule has 3 rings (SSSR count). The predicted octanol–water partition coefficient (Wildman–Crippen LogP) is 4.42. The number of carboxylic acid groups (broad SMARTS) is 1. The third-order valence-electron chi connectivity index (χ3n) is 3.40. The van der Waals surface area contributed by atoms with Crippen LogP contribution in [-0.4, -0.2) is 16.1 Å². The second kappa shape index (κ2) is 4.93. The Kier molecular flexibility index (Phi) is 3.22. The fraction of sp³-hybridized carbons (Fsp3) is 0.125. The second-order valence-corrected chi connectivity index (χ2v) is 5.92. The molecule has 1 heterocycles. The van der Waals surface area contributed by atoms with Gasteiger partial charge in [0.2, 0.25) is 0 Å². The number of carbonyl (C=O) groups is 1. The molecule has 0 aliphatic carbocycles. The Morgan fingerprint density at radius 2 is 1.90 bits per heavy atom. The third kappa shape index (κ3) is 2.29. The normalized spacial score (nSPS) is 11.0. The smallest absolute Gasteiger partial charge is 0.336 e. The monoisotopic (exact) mass is 301 g/mol. The lowest BCUT2D eigenvalue weighted by Crippen LogP contribution is -2.04. The number of rotatable bonds is 2. The minimum absolute atomic E-state index is 0.259. The molecule has 0 fully saturated rings. The number of halogens is 1. The Balaban J connectivity index is 2.32. The van der Waals surface area contributed by atoms with Crippen LogP contribution in [0.4, 0.5) is 4.39 Å². The Morgan fingerprint density at radius 1 is 1.19 bits per heavy atom. The summed E-state index contributed by atoms with van der Waals surface area (Å²) in [5, 5.41) is 10.1. The van der Waals surface area contributed by atoms with Gasteiger partial charge in [-0.05, 0) is 37.1 Å². The van der Waals surface area contributed by atoms with E-state index in [1.807, 2.05) is 13.0 Å². The number of benzene rings is 2. The van der Waals surface area contributed by atoms with Crippen molar-refractivity contribution in [2.75, 3.05) is 0 Å². The molecule has 0 aliphatic heterocycles. The molecule has 0 bridgehead atoms. The molecule has 0 unspecified atom stereocenters. The summed E-state index contributed by atoms with van der Waals surface area (Å²) in [5.41, 5.74) is 2.96. The van der Waals surface area contributed by atoms with E-state index in [0.29, 0.717) is 21.7 Å². The number of carboxylic acids is 1. The van der Waals surface area contributed by atoms with Gasteiger partial charge in [0.15, 0.2) is 0 Å². The van der Waals surface area contributed by atoms with Crippen LogP contribution in [0.2, 0.25) is 0 Å². The topological polar surface area (TPSA) is 50.2 Å². The first-order valence-corrected chi connectivity index (χ1v) is 7.19. The van der Waals surface area contributed by atoms with Gasteiger partial charge in [-0.2, -0.15) is 0 Å². The number of hydrogen-bond acceptors (Lipinski definition) is 3. The van der Waals surface area contributed by atoms with E-state index >= 15 is 0 Å². The van der Waals surface area contributed by atoms with Crippen molar-refractivity contribution >= 4 is 27.5 Å². The van der Waals surface area contributed by atoms with Gasteiger partial charge in [0.1, 0.15) is 10.8 Å². The first-order chi connectivity index (χ1) is 9.97. The number of thiazole rings is 1. The number of aromatic nitrogens is 1. The van der Waals surface area contributed by atoms with Gasteiger partial charge < -0.3 is 5.11 Å². The molecule has 1 N–H and O–H groups in total. The molecular weight excluding hydrogens is 289 g/mol. The molecule has 106 valence electrons. The Labute approximate surface area is 124 Å². The summed E-state index contributed by atoms with van der Waals surface area (Å²) in [6.45, 7) is 3.62. The SMILES string of the molecule is Cc1ccc(C)c(-c2nc3cc(F)ccc3s2)c1C(=O)O. The van der Waals surface area contributed by atoms with Crippen molar-refractivity contribution in [2.24, 2.45) is 0 Å². The van der Waals surface area contributed by atoms with E-state index in [2.05, 4.69) is 4.98 Å². The Hall–Kier alpha value is -2.27. The zero-order valence-electron chi connectivity index (χ0n) is 11.5. The van der Waals surface area contributed by atoms with Crippen LogP contribution >= 0.6 is 11.3 Å². The average Bonchev–Trinajstić information content (AvgIpc) is 2.83. The van der Waals surface area contributed by atoms with Gasteiger partial charge in [-0.3, -0.25) is 0 Å². The number of hydrogen-bond donors (Lipinski definition) is 1. The first-order valence-electron chi connectivity index (χ1n) is 6.37. The molecule has 0 saturated carbocycles. The molecule has 1 aromatic heterocycles. The first kappa shape index (κ1) is 13.7. The molecule has 0 aliphatic rings. The van der Waals surface area contributed by atoms with E-state index < -0.39 is 5.97 Å². The number of aryl methyl sites for hydroxylation is 2. The molecule has 0 saturated heterocycles. The van der Waals surface area contributed by atoms with E-state index in [-0.39, 0.29) is 11.4 Å². The van der Waals surface area contributed by atoms with Gasteiger partial charge in [0, 0.05) is 11.6 Å². The van der Waals surface area contributed by atoms with Gasteiger partial charge in [0.25, 0.3) is 0 Å². The second-order valence-electron chi connectivity index (χ2n) is 4.89. The van der Waals surface area contributed by atoms with Crippen LogP contribution < -0.4 is 0 Å². The molecule has 3 aromatic rings. The number of nitrogens with zero attached hydrogens (tertiary/aromatic N) is 1. The maximum absolute atomic E-state index is 13.3. The summed E-state index contributed by atoms with van der Waals surface area (Å²) < 4.78 is 14.1. The fourth-order valence-electron chi connectivity index (χ4n) is 2.37. The molecule has 2 aromatic carbocycles. The largest absolute Gasteiger partial charge is 0.478 e. The highest BCUT2D eigenvalue weighted by Gasteiger charge is 2.20. The van der Waals surface area contributed by atoms with Crippen molar-refractivity contribution in [1.29, 1.82) is 0 Å². The summed E-state index contributed by atoms with van der Waals surface area (Å²) in [4.78, 5) is 16.0. The van der Waals surface area contributed by atoms with Gasteiger partial charge in [-0.25, -0.2) is 14.2 Å². The van der Waals surface area contributed by atoms with Crippen molar-refractivity contribution < 1.29 is 14.3 Å². The maximum atomic E-state index is 13.3. The minimum atomic E-state index is -0.975. The number of fused-ring (bicyclic) bond motifs is 1. The molecule has 0 radical (unpaired) electrons. The van der Waals surface area contributed by atoms with Gasteiger partial charge >= 0.3 is 5.97 Å². The van der Waals surface area contributed by atoms with E-state index in [4.69, 9.17) is 0 Å². The van der Waals surface area contributed by atoms with Crippen molar-refractivity contribution in [3.63, 3.8) is 0 Å². The Bertz CT molecular complexity index is 870. The van der Waals surface area contributed by atoms with E-state index in [1.165, 1.54) is 23.5 Å². The van der Waals surface area contributed by atoms with E-state index in [9.17, 15) is 14.3 Å². The standard InChI is InChI=1S/C16H12FNO2S/c1-8-3-4-9(2)14(16(19)20)13(8)15-18-11-7-10(17)5-6-12(11)21-15/h3-7H,1-2H3,(H,19,20). The van der Waals surface area contributed by atoms with Gasteiger partial charge in [0.05, 0.1) is 15.8 Å². The van der Waals surface area contributed by atoms with E-state index in [0.717, 1.165) is 10.3 Å². The molecule has 3 nitrogen and oxygen atoms in total. The average molecular weight is 301 g/mol. The van der Waals surface area contributed by atoms with Crippen LogP contribution in [0.15, 0.2) is 30.3 Å². The molecule has 21 heavy (non-hydrogen) atoms. The molecule has 0 atom stereocenters. The summed E-state index contributed by atoms with van der Waals surface area (Å²) in [6, 6.07) is 8.07. The lowest BCUT2D eigenvalue weighted by molar-refractivity contribution is 0.0697. The zero-order chi connectivity index (χ0) is 15.1. The van der Waals surface area contributed by atoms with Gasteiger partial charge in [-0.15, -0.1) is 11.3 Å². The van der Waals surface area contributed by atoms with Crippen molar-refractivity contribution in [1.82, 2.24) is 4.98 Å². The molecule has 0 spiro atoms. The maximum Gasteiger partial charge on any atom is 0.336 e. The van der Waals surface area contributed by atoms with Crippen molar-refractivity contribution in [2.45, 2.75) is 13.8 Å². The lowest BCUT2D eigenvalue weighted by atomic mass is 9.98. The zero-order valence-corrected chi connectivity index (χ0v) is 12.3. The quantitative estimate of drug-likeness (QED) is 0.762. The van der Waals surface area contributed by atoms with Crippen LogP contribution in [0.1, 0.15) is 21.5 Å². The Morgan fingerprint density at radius 3 is 2.62 bits per heavy atom. The number of aromatic carboxylic acids is 1. The predicted molar refractivity (Wildman–Crippen MR) is 81.4 cm³/mol. The highest BCUT2D eigenvalue weighted by molar-refractivity contribution is 7.21. The van der Waals surface area contributed by atoms with Crippen molar-refractivity contribution in [3.05, 3.63) is 52.8 Å². The van der Waals surface area contributed by atoms with Crippen LogP contribution in [0.25, 0.3) is 20.8 Å². The minimum Gasteiger partial charge on any atom is -0.478 e. The lowest BCUT2D eigenvalue weighted by Gasteiger charge is -2.09. The summed E-state index contributed by atoms with van der Waals surface area (Å²) in [5.74, 6) is -1.32.